The molecule has 0 saturated carbocycles. The molecule has 7 nitrogen and oxygen atoms in total. The van der Waals surface area contributed by atoms with E-state index in [4.69, 9.17) is 34.6 Å². The van der Waals surface area contributed by atoms with E-state index in [1.165, 1.54) is 0 Å². The minimum atomic E-state index is -0.730. The highest BCUT2D eigenvalue weighted by Gasteiger charge is 2.51. The van der Waals surface area contributed by atoms with Crippen molar-refractivity contribution in [3.8, 4) is 91.0 Å². The summed E-state index contributed by atoms with van der Waals surface area (Å²) in [4.78, 5) is 30.5. The second-order valence-electron chi connectivity index (χ2n) is 15.4. The summed E-state index contributed by atoms with van der Waals surface area (Å²) in [7, 11) is 0. The summed E-state index contributed by atoms with van der Waals surface area (Å²) in [5.41, 5.74) is 11.3. The molecule has 0 saturated heterocycles. The first kappa shape index (κ1) is 35.5. The molecule has 1 aliphatic carbocycles. The van der Waals surface area contributed by atoms with Crippen molar-refractivity contribution in [1.29, 1.82) is 0 Å². The number of fused-ring (bicyclic) bond motifs is 9. The molecule has 0 N–H and O–H groups in total. The van der Waals surface area contributed by atoms with E-state index in [0.29, 0.717) is 34.9 Å². The Kier molecular flexibility index (Phi) is 8.25. The molecule has 1 spiro atoms. The van der Waals surface area contributed by atoms with Crippen LogP contribution in [0.2, 0.25) is 0 Å². The summed E-state index contributed by atoms with van der Waals surface area (Å²) < 4.78 is 6.68. The van der Waals surface area contributed by atoms with E-state index in [1.807, 2.05) is 133 Å². The van der Waals surface area contributed by atoms with Crippen LogP contribution in [0.15, 0.2) is 206 Å². The van der Waals surface area contributed by atoms with Gasteiger partial charge in [-0.05, 0) is 46.5 Å². The van der Waals surface area contributed by atoms with Crippen molar-refractivity contribution in [2.45, 2.75) is 5.41 Å². The Balaban J connectivity index is 1.10. The van der Waals surface area contributed by atoms with E-state index in [1.54, 1.807) is 0 Å². The van der Waals surface area contributed by atoms with Gasteiger partial charge in [0.05, 0.1) is 5.41 Å². The summed E-state index contributed by atoms with van der Waals surface area (Å²) in [5.74, 6) is 5.27. The summed E-state index contributed by atoms with van der Waals surface area (Å²) in [6, 6.07) is 70.4. The van der Waals surface area contributed by atoms with Crippen LogP contribution in [0.3, 0.4) is 0 Å². The molecule has 0 fully saturated rings. The highest BCUT2D eigenvalue weighted by atomic mass is 16.5. The van der Waals surface area contributed by atoms with E-state index in [-0.39, 0.29) is 0 Å². The molecule has 0 radical (unpaired) electrons. The second-order valence-corrected chi connectivity index (χ2v) is 15.4. The van der Waals surface area contributed by atoms with Crippen LogP contribution < -0.4 is 4.74 Å². The number of benzene rings is 8. The standard InChI is InChI=1S/C55H34N6O/c1-5-17-35(18-6-1)49-56-50(36-19-7-2-8-20-36)59-53(58-49)39-30-32-43-42(33-39)41-31-29-40(34-46(41)55(43)44-25-13-15-27-47(44)62-48-28-16-14-26-45(48)55)54-60-51(37-21-9-3-10-22-37)57-52(61-54)38-23-11-4-12-24-38/h1-34H. The molecule has 8 aromatic carbocycles. The molecule has 2 aliphatic rings. The Bertz CT molecular complexity index is 3160. The van der Waals surface area contributed by atoms with Crippen molar-refractivity contribution in [2.75, 3.05) is 0 Å². The summed E-state index contributed by atoms with van der Waals surface area (Å²) in [6.07, 6.45) is 0. The lowest BCUT2D eigenvalue weighted by molar-refractivity contribution is 0.436. The SMILES string of the molecule is c1ccc(-c2nc(-c3ccccc3)nc(-c3ccc4c(c3)-c3ccc(-c5nc(-c6ccccc6)nc(-c6ccccc6)n5)cc3C43c4ccccc4Oc4ccccc43)n2)cc1. The van der Waals surface area contributed by atoms with Gasteiger partial charge in [-0.1, -0.05) is 182 Å². The third kappa shape index (κ3) is 5.74. The van der Waals surface area contributed by atoms with Crippen molar-refractivity contribution in [1.82, 2.24) is 29.9 Å². The molecule has 2 aromatic heterocycles. The van der Waals surface area contributed by atoms with Gasteiger partial charge in [0, 0.05) is 44.5 Å². The van der Waals surface area contributed by atoms with E-state index < -0.39 is 5.41 Å². The Hall–Kier alpha value is -8.42. The number of hydrogen-bond acceptors (Lipinski definition) is 7. The lowest BCUT2D eigenvalue weighted by Gasteiger charge is -2.39. The van der Waals surface area contributed by atoms with Crippen LogP contribution in [-0.2, 0) is 5.41 Å². The maximum absolute atomic E-state index is 6.68. The van der Waals surface area contributed by atoms with Crippen LogP contribution >= 0.6 is 0 Å². The highest BCUT2D eigenvalue weighted by Crippen LogP contribution is 2.62. The monoisotopic (exact) mass is 794 g/mol. The first-order valence-corrected chi connectivity index (χ1v) is 20.6. The topological polar surface area (TPSA) is 86.6 Å². The molecule has 62 heavy (non-hydrogen) atoms. The normalized spacial score (nSPS) is 12.8. The molecule has 0 amide bonds. The molecule has 290 valence electrons. The molecule has 3 heterocycles. The highest BCUT2D eigenvalue weighted by molar-refractivity contribution is 5.92. The van der Waals surface area contributed by atoms with Crippen LogP contribution in [0.25, 0.3) is 79.5 Å². The molecule has 0 bridgehead atoms. The van der Waals surface area contributed by atoms with Gasteiger partial charge in [0.1, 0.15) is 11.5 Å². The van der Waals surface area contributed by atoms with Crippen LogP contribution in [-0.4, -0.2) is 29.9 Å². The fourth-order valence-electron chi connectivity index (χ4n) is 9.06. The fraction of sp³-hybridized carbons (Fsp3) is 0.0182. The van der Waals surface area contributed by atoms with Crippen LogP contribution in [0.4, 0.5) is 0 Å². The van der Waals surface area contributed by atoms with Crippen molar-refractivity contribution < 1.29 is 4.74 Å². The Morgan fingerprint density at radius 3 is 1.05 bits per heavy atom. The van der Waals surface area contributed by atoms with Gasteiger partial charge in [-0.25, -0.2) is 29.9 Å². The van der Waals surface area contributed by atoms with Crippen molar-refractivity contribution >= 4 is 0 Å². The van der Waals surface area contributed by atoms with E-state index >= 15 is 0 Å². The fourth-order valence-corrected chi connectivity index (χ4v) is 9.06. The zero-order valence-electron chi connectivity index (χ0n) is 33.2. The maximum atomic E-state index is 6.68. The third-order valence-corrected chi connectivity index (χ3v) is 11.9. The second kappa shape index (κ2) is 14.4. The average molecular weight is 795 g/mol. The zero-order chi connectivity index (χ0) is 41.0. The van der Waals surface area contributed by atoms with Crippen LogP contribution in [0, 0.1) is 0 Å². The lowest BCUT2D eigenvalue weighted by Crippen LogP contribution is -2.32. The predicted octanol–water partition coefficient (Wildman–Crippen LogP) is 12.5. The van der Waals surface area contributed by atoms with Gasteiger partial charge in [0.15, 0.2) is 34.9 Å². The first-order valence-electron chi connectivity index (χ1n) is 20.6. The lowest BCUT2D eigenvalue weighted by atomic mass is 9.66. The Morgan fingerprint density at radius 1 is 0.258 bits per heavy atom. The van der Waals surface area contributed by atoms with Crippen LogP contribution in [0.1, 0.15) is 22.3 Å². The van der Waals surface area contributed by atoms with Gasteiger partial charge in [0.2, 0.25) is 0 Å². The van der Waals surface area contributed by atoms with Gasteiger partial charge in [-0.2, -0.15) is 0 Å². The number of nitrogens with zero attached hydrogens (tertiary/aromatic N) is 6. The minimum absolute atomic E-state index is 0.591. The van der Waals surface area contributed by atoms with E-state index in [0.717, 1.165) is 78.3 Å². The molecule has 0 atom stereocenters. The predicted molar refractivity (Wildman–Crippen MR) is 243 cm³/mol. The average Bonchev–Trinajstić information content (AvgIpc) is 3.64. The number of rotatable bonds is 6. The van der Waals surface area contributed by atoms with Gasteiger partial charge < -0.3 is 4.74 Å². The summed E-state index contributed by atoms with van der Waals surface area (Å²) >= 11 is 0. The van der Waals surface area contributed by atoms with Crippen LogP contribution in [0.5, 0.6) is 11.5 Å². The maximum Gasteiger partial charge on any atom is 0.164 e. The quantitative estimate of drug-likeness (QED) is 0.166. The molecule has 7 heteroatoms. The molecular weight excluding hydrogens is 761 g/mol. The van der Waals surface area contributed by atoms with E-state index in [2.05, 4.69) is 72.8 Å². The van der Waals surface area contributed by atoms with Gasteiger partial charge in [-0.15, -0.1) is 0 Å². The summed E-state index contributed by atoms with van der Waals surface area (Å²) in [5, 5.41) is 0. The van der Waals surface area contributed by atoms with Crippen molar-refractivity contribution in [2.24, 2.45) is 0 Å². The largest absolute Gasteiger partial charge is 0.457 e. The number of para-hydroxylation sites is 2. The van der Waals surface area contributed by atoms with Crippen molar-refractivity contribution in [3.63, 3.8) is 0 Å². The Labute approximate surface area is 358 Å². The molecular formula is C55H34N6O. The third-order valence-electron chi connectivity index (χ3n) is 11.9. The molecule has 10 aromatic rings. The number of aromatic nitrogens is 6. The number of ether oxygens (including phenoxy) is 1. The minimum Gasteiger partial charge on any atom is -0.457 e. The molecule has 12 rings (SSSR count). The Morgan fingerprint density at radius 2 is 0.613 bits per heavy atom. The van der Waals surface area contributed by atoms with E-state index in [9.17, 15) is 0 Å². The van der Waals surface area contributed by atoms with Gasteiger partial charge in [-0.3, -0.25) is 0 Å². The van der Waals surface area contributed by atoms with Gasteiger partial charge in [0.25, 0.3) is 0 Å². The zero-order valence-corrected chi connectivity index (χ0v) is 33.2. The van der Waals surface area contributed by atoms with Gasteiger partial charge >= 0.3 is 0 Å². The van der Waals surface area contributed by atoms with Crippen molar-refractivity contribution in [3.05, 3.63) is 229 Å². The summed E-state index contributed by atoms with van der Waals surface area (Å²) in [6.45, 7) is 0. The first-order chi connectivity index (χ1) is 30.7. The number of hydrogen-bond donors (Lipinski definition) is 0. The molecule has 0 unspecified atom stereocenters. The molecule has 1 aliphatic heterocycles. The smallest absolute Gasteiger partial charge is 0.164 e.